The smallest absolute Gasteiger partial charge is 0.209 e. The van der Waals surface area contributed by atoms with Gasteiger partial charge in [0.25, 0.3) is 0 Å². The van der Waals surface area contributed by atoms with Crippen LogP contribution in [-0.2, 0) is 10.0 Å². The number of hydrogen-bond donors (Lipinski definition) is 3. The SMILES string of the molecule is CCNC(=NCC(C)(C)NS(C)(=O)=O)NCC(C)Oc1ccccc1OC.I. The van der Waals surface area contributed by atoms with Gasteiger partial charge in [0, 0.05) is 12.1 Å². The molecule has 1 aromatic carbocycles. The molecule has 28 heavy (non-hydrogen) atoms. The van der Waals surface area contributed by atoms with Crippen molar-refractivity contribution >= 4 is 40.0 Å². The van der Waals surface area contributed by atoms with Crippen molar-refractivity contribution in [1.82, 2.24) is 15.4 Å². The number of methoxy groups -OCH3 is 1. The van der Waals surface area contributed by atoms with E-state index in [1.165, 1.54) is 0 Å². The van der Waals surface area contributed by atoms with E-state index >= 15 is 0 Å². The van der Waals surface area contributed by atoms with E-state index in [-0.39, 0.29) is 36.6 Å². The Labute approximate surface area is 185 Å². The van der Waals surface area contributed by atoms with Crippen molar-refractivity contribution in [1.29, 1.82) is 0 Å². The molecule has 0 saturated carbocycles. The van der Waals surface area contributed by atoms with Gasteiger partial charge in [-0.1, -0.05) is 12.1 Å². The fourth-order valence-corrected chi connectivity index (χ4v) is 3.44. The fraction of sp³-hybridized carbons (Fsp3) is 0.611. The van der Waals surface area contributed by atoms with Crippen LogP contribution in [-0.4, -0.2) is 59.0 Å². The summed E-state index contributed by atoms with van der Waals surface area (Å²) in [7, 11) is -1.70. The van der Waals surface area contributed by atoms with E-state index in [0.29, 0.717) is 30.5 Å². The molecular formula is C18H33IN4O4S. The Hall–Kier alpha value is -1.27. The molecule has 0 radical (unpaired) electrons. The van der Waals surface area contributed by atoms with E-state index in [9.17, 15) is 8.42 Å². The largest absolute Gasteiger partial charge is 0.493 e. The van der Waals surface area contributed by atoms with Gasteiger partial charge in [-0.25, -0.2) is 13.1 Å². The summed E-state index contributed by atoms with van der Waals surface area (Å²) in [5.74, 6) is 1.95. The van der Waals surface area contributed by atoms with Gasteiger partial charge in [0.2, 0.25) is 10.0 Å². The van der Waals surface area contributed by atoms with Gasteiger partial charge < -0.3 is 20.1 Å². The van der Waals surface area contributed by atoms with Crippen molar-refractivity contribution in [3.63, 3.8) is 0 Å². The van der Waals surface area contributed by atoms with Gasteiger partial charge >= 0.3 is 0 Å². The highest BCUT2D eigenvalue weighted by Crippen LogP contribution is 2.26. The summed E-state index contributed by atoms with van der Waals surface area (Å²) >= 11 is 0. The molecule has 0 aliphatic heterocycles. The summed E-state index contributed by atoms with van der Waals surface area (Å²) in [4.78, 5) is 4.47. The Morgan fingerprint density at radius 3 is 2.36 bits per heavy atom. The fourth-order valence-electron chi connectivity index (χ4n) is 2.37. The van der Waals surface area contributed by atoms with Gasteiger partial charge in [-0.05, 0) is 39.8 Å². The lowest BCUT2D eigenvalue weighted by Crippen LogP contribution is -2.47. The topological polar surface area (TPSA) is 101 Å². The zero-order valence-corrected chi connectivity index (χ0v) is 20.6. The minimum Gasteiger partial charge on any atom is -0.493 e. The molecule has 1 rings (SSSR count). The number of sulfonamides is 1. The van der Waals surface area contributed by atoms with E-state index < -0.39 is 15.6 Å². The number of aliphatic imine (C=N–C) groups is 1. The molecule has 0 spiro atoms. The molecule has 1 unspecified atom stereocenters. The van der Waals surface area contributed by atoms with Crippen LogP contribution < -0.4 is 24.8 Å². The van der Waals surface area contributed by atoms with Gasteiger partial charge in [-0.2, -0.15) is 0 Å². The highest BCUT2D eigenvalue weighted by atomic mass is 127. The Morgan fingerprint density at radius 1 is 1.21 bits per heavy atom. The Morgan fingerprint density at radius 2 is 1.82 bits per heavy atom. The second-order valence-corrected chi connectivity index (χ2v) is 8.66. The van der Waals surface area contributed by atoms with Crippen molar-refractivity contribution in [2.24, 2.45) is 4.99 Å². The minimum atomic E-state index is -3.30. The van der Waals surface area contributed by atoms with Crippen molar-refractivity contribution < 1.29 is 17.9 Å². The number of ether oxygens (including phenoxy) is 2. The van der Waals surface area contributed by atoms with E-state index in [1.807, 2.05) is 38.1 Å². The average Bonchev–Trinajstić information content (AvgIpc) is 2.55. The van der Waals surface area contributed by atoms with Crippen molar-refractivity contribution in [3.8, 4) is 11.5 Å². The highest BCUT2D eigenvalue weighted by Gasteiger charge is 2.22. The van der Waals surface area contributed by atoms with E-state index in [4.69, 9.17) is 9.47 Å². The number of hydrogen-bond acceptors (Lipinski definition) is 5. The third-order valence-electron chi connectivity index (χ3n) is 3.39. The monoisotopic (exact) mass is 528 g/mol. The lowest BCUT2D eigenvalue weighted by atomic mass is 10.1. The van der Waals surface area contributed by atoms with E-state index in [2.05, 4.69) is 20.3 Å². The predicted molar refractivity (Wildman–Crippen MR) is 125 cm³/mol. The van der Waals surface area contributed by atoms with E-state index in [1.54, 1.807) is 21.0 Å². The minimum absolute atomic E-state index is 0. The van der Waals surface area contributed by atoms with Crippen LogP contribution in [0.4, 0.5) is 0 Å². The van der Waals surface area contributed by atoms with Crippen LogP contribution in [0.3, 0.4) is 0 Å². The summed E-state index contributed by atoms with van der Waals surface area (Å²) in [6, 6.07) is 7.48. The molecule has 162 valence electrons. The molecule has 0 aliphatic rings. The zero-order valence-electron chi connectivity index (χ0n) is 17.4. The molecular weight excluding hydrogens is 495 g/mol. The number of benzene rings is 1. The van der Waals surface area contributed by atoms with Gasteiger partial charge in [-0.15, -0.1) is 24.0 Å². The zero-order chi connectivity index (χ0) is 20.5. The molecule has 0 saturated heterocycles. The van der Waals surface area contributed by atoms with Crippen LogP contribution in [0.25, 0.3) is 0 Å². The molecule has 1 aromatic rings. The van der Waals surface area contributed by atoms with Crippen LogP contribution in [0.5, 0.6) is 11.5 Å². The van der Waals surface area contributed by atoms with Crippen molar-refractivity contribution in [2.75, 3.05) is 33.0 Å². The van der Waals surface area contributed by atoms with Crippen LogP contribution in [0, 0.1) is 0 Å². The summed E-state index contributed by atoms with van der Waals surface area (Å²) in [5.41, 5.74) is -0.685. The standard InChI is InChI=1S/C18H32N4O4S.HI/c1-7-19-17(21-13-18(3,4)22-27(6,23)24)20-12-14(2)26-16-11-9-8-10-15(16)25-5;/h8-11,14,22H,7,12-13H2,1-6H3,(H2,19,20,21);1H. The second-order valence-electron chi connectivity index (χ2n) is 6.91. The summed E-state index contributed by atoms with van der Waals surface area (Å²) in [5, 5.41) is 6.35. The first kappa shape index (κ1) is 26.7. The third-order valence-corrected chi connectivity index (χ3v) is 4.32. The summed E-state index contributed by atoms with van der Waals surface area (Å²) < 4.78 is 36.7. The van der Waals surface area contributed by atoms with E-state index in [0.717, 1.165) is 6.26 Å². The molecule has 0 heterocycles. The normalized spacial score (nSPS) is 13.3. The van der Waals surface area contributed by atoms with Crippen LogP contribution in [0.2, 0.25) is 0 Å². The molecule has 1 atom stereocenters. The molecule has 0 aliphatic carbocycles. The molecule has 0 amide bonds. The second kappa shape index (κ2) is 12.3. The number of nitrogens with one attached hydrogen (secondary N) is 3. The summed E-state index contributed by atoms with van der Waals surface area (Å²) in [6.07, 6.45) is 1.01. The molecule has 0 fully saturated rings. The lowest BCUT2D eigenvalue weighted by Gasteiger charge is -2.24. The molecule has 0 bridgehead atoms. The first-order valence-corrected chi connectivity index (χ1v) is 10.8. The average molecular weight is 528 g/mol. The molecule has 8 nitrogen and oxygen atoms in total. The third kappa shape index (κ3) is 10.9. The van der Waals surface area contributed by atoms with Crippen molar-refractivity contribution in [3.05, 3.63) is 24.3 Å². The highest BCUT2D eigenvalue weighted by molar-refractivity contribution is 14.0. The number of nitrogens with zero attached hydrogens (tertiary/aromatic N) is 1. The maximum absolute atomic E-state index is 11.4. The quantitative estimate of drug-likeness (QED) is 0.244. The molecule has 10 heteroatoms. The van der Waals surface area contributed by atoms with Gasteiger partial charge in [-0.3, -0.25) is 4.99 Å². The maximum Gasteiger partial charge on any atom is 0.209 e. The lowest BCUT2D eigenvalue weighted by molar-refractivity contribution is 0.213. The number of rotatable bonds is 10. The Bertz CT molecular complexity index is 726. The van der Waals surface area contributed by atoms with Gasteiger partial charge in [0.15, 0.2) is 17.5 Å². The summed E-state index contributed by atoms with van der Waals surface area (Å²) in [6.45, 7) is 8.97. The molecule has 3 N–H and O–H groups in total. The first-order chi connectivity index (χ1) is 12.6. The predicted octanol–water partition coefficient (Wildman–Crippen LogP) is 1.96. The van der Waals surface area contributed by atoms with Gasteiger partial charge in [0.05, 0.1) is 26.5 Å². The van der Waals surface area contributed by atoms with Crippen LogP contribution >= 0.6 is 24.0 Å². The van der Waals surface area contributed by atoms with Crippen molar-refractivity contribution in [2.45, 2.75) is 39.3 Å². The van der Waals surface area contributed by atoms with Crippen LogP contribution in [0.1, 0.15) is 27.7 Å². The van der Waals surface area contributed by atoms with Gasteiger partial charge in [0.1, 0.15) is 6.10 Å². The first-order valence-electron chi connectivity index (χ1n) is 8.87. The Kier molecular flexibility index (Phi) is 11.8. The Balaban J connectivity index is 0.00000729. The number of guanidine groups is 1. The maximum atomic E-state index is 11.4. The van der Waals surface area contributed by atoms with Crippen LogP contribution in [0.15, 0.2) is 29.3 Å². The molecule has 0 aromatic heterocycles. The number of para-hydroxylation sites is 2. The number of halogens is 1.